The molecule has 5 rings (SSSR count). The van der Waals surface area contributed by atoms with E-state index >= 15 is 0 Å². The average Bonchev–Trinajstić information content (AvgIpc) is 3.15. The van der Waals surface area contributed by atoms with Gasteiger partial charge in [0.1, 0.15) is 15.8 Å². The van der Waals surface area contributed by atoms with Gasteiger partial charge in [-0.05, 0) is 41.7 Å². The van der Waals surface area contributed by atoms with Crippen molar-refractivity contribution in [2.75, 3.05) is 18.0 Å². The molecule has 0 bridgehead atoms. The van der Waals surface area contributed by atoms with Crippen LogP contribution >= 0.6 is 24.0 Å². The van der Waals surface area contributed by atoms with Gasteiger partial charge >= 0.3 is 0 Å². The topological polar surface area (TPSA) is 57.9 Å². The highest BCUT2D eigenvalue weighted by atomic mass is 32.2. The number of thiocarbonyl (C=S) groups is 1. The quantitative estimate of drug-likeness (QED) is 0.352. The lowest BCUT2D eigenvalue weighted by Crippen LogP contribution is -2.34. The zero-order valence-corrected chi connectivity index (χ0v) is 21.6. The molecule has 0 radical (unpaired) electrons. The molecule has 8 heteroatoms. The number of thioether (sulfide) groups is 1. The number of benzene rings is 1. The largest absolute Gasteiger partial charge is 0.351 e. The number of fused-ring (bicyclic) bond motifs is 2. The van der Waals surface area contributed by atoms with Gasteiger partial charge in [-0.2, -0.15) is 0 Å². The molecule has 6 nitrogen and oxygen atoms in total. The van der Waals surface area contributed by atoms with Crippen LogP contribution in [0.2, 0.25) is 0 Å². The molecule has 0 atom stereocenters. The number of anilines is 1. The second kappa shape index (κ2) is 9.95. The first-order valence-electron chi connectivity index (χ1n) is 12.1. The van der Waals surface area contributed by atoms with Gasteiger partial charge in [-0.15, -0.1) is 0 Å². The number of pyridine rings is 1. The van der Waals surface area contributed by atoms with E-state index in [0.717, 1.165) is 25.8 Å². The summed E-state index contributed by atoms with van der Waals surface area (Å²) in [6.45, 7) is 6.30. The first-order chi connectivity index (χ1) is 17.0. The van der Waals surface area contributed by atoms with E-state index in [1.165, 1.54) is 27.3 Å². The van der Waals surface area contributed by atoms with Gasteiger partial charge in [0, 0.05) is 25.8 Å². The fourth-order valence-electron chi connectivity index (χ4n) is 4.73. The number of hydrogen-bond acceptors (Lipinski definition) is 6. The van der Waals surface area contributed by atoms with E-state index in [0.29, 0.717) is 45.3 Å². The van der Waals surface area contributed by atoms with Crippen LogP contribution in [-0.2, 0) is 17.8 Å². The van der Waals surface area contributed by atoms with Crippen molar-refractivity contribution >= 4 is 51.7 Å². The summed E-state index contributed by atoms with van der Waals surface area (Å²) in [6, 6.07) is 13.9. The molecule has 0 aliphatic carbocycles. The minimum atomic E-state index is -0.185. The van der Waals surface area contributed by atoms with E-state index in [9.17, 15) is 9.59 Å². The third kappa shape index (κ3) is 4.52. The van der Waals surface area contributed by atoms with Crippen LogP contribution in [0.1, 0.15) is 43.4 Å². The monoisotopic (exact) mass is 504 g/mol. The van der Waals surface area contributed by atoms with Crippen molar-refractivity contribution < 1.29 is 4.79 Å². The fourth-order valence-corrected chi connectivity index (χ4v) is 5.99. The molecule has 1 fully saturated rings. The van der Waals surface area contributed by atoms with Gasteiger partial charge in [-0.1, -0.05) is 81.0 Å². The summed E-state index contributed by atoms with van der Waals surface area (Å²) in [4.78, 5) is 36.2. The molecule has 3 aromatic rings. The molecule has 4 heterocycles. The van der Waals surface area contributed by atoms with Crippen molar-refractivity contribution in [2.45, 2.75) is 39.7 Å². The number of carbonyl (C=O) groups is 1. The lowest BCUT2D eigenvalue weighted by atomic mass is 9.99. The molecular weight excluding hydrogens is 476 g/mol. The fraction of sp³-hybridized carbons (Fsp3) is 0.333. The smallest absolute Gasteiger partial charge is 0.267 e. The van der Waals surface area contributed by atoms with Gasteiger partial charge in [0.05, 0.1) is 10.5 Å². The lowest BCUT2D eigenvalue weighted by Gasteiger charge is -2.30. The Morgan fingerprint density at radius 3 is 2.60 bits per heavy atom. The predicted octanol–water partition coefficient (Wildman–Crippen LogP) is 4.89. The van der Waals surface area contributed by atoms with Crippen LogP contribution in [-0.4, -0.2) is 37.6 Å². The number of aromatic nitrogens is 2. The first kappa shape index (κ1) is 23.8. The third-order valence-corrected chi connectivity index (χ3v) is 8.30. The highest BCUT2D eigenvalue weighted by Crippen LogP contribution is 2.35. The second-order valence-electron chi connectivity index (χ2n) is 9.00. The van der Waals surface area contributed by atoms with Gasteiger partial charge in [0.25, 0.3) is 11.5 Å². The Labute approximate surface area is 214 Å². The first-order valence-corrected chi connectivity index (χ1v) is 13.3. The number of nitrogens with zero attached hydrogens (tertiary/aromatic N) is 4. The molecule has 0 spiro atoms. The zero-order chi connectivity index (χ0) is 24.5. The van der Waals surface area contributed by atoms with Crippen LogP contribution < -0.4 is 10.5 Å². The summed E-state index contributed by atoms with van der Waals surface area (Å²) in [5.74, 6) is 0.883. The molecule has 2 aliphatic rings. The molecule has 2 aromatic heterocycles. The minimum absolute atomic E-state index is 0.126. The summed E-state index contributed by atoms with van der Waals surface area (Å²) in [5, 5.41) is 0. The molecular formula is C27H28N4O2S2. The van der Waals surface area contributed by atoms with Gasteiger partial charge in [-0.3, -0.25) is 18.9 Å². The van der Waals surface area contributed by atoms with E-state index in [4.69, 9.17) is 17.2 Å². The molecule has 35 heavy (non-hydrogen) atoms. The Kier molecular flexibility index (Phi) is 6.75. The van der Waals surface area contributed by atoms with Crippen LogP contribution in [0.3, 0.4) is 0 Å². The Hall–Kier alpha value is -2.97. The average molecular weight is 505 g/mol. The normalized spacial score (nSPS) is 17.2. The lowest BCUT2D eigenvalue weighted by molar-refractivity contribution is -0.122. The van der Waals surface area contributed by atoms with E-state index in [2.05, 4.69) is 36.9 Å². The van der Waals surface area contributed by atoms with Crippen molar-refractivity contribution in [1.29, 1.82) is 0 Å². The minimum Gasteiger partial charge on any atom is -0.351 e. The third-order valence-electron chi connectivity index (χ3n) is 6.92. The van der Waals surface area contributed by atoms with Crippen molar-refractivity contribution in [2.24, 2.45) is 5.92 Å². The van der Waals surface area contributed by atoms with Gasteiger partial charge in [0.15, 0.2) is 0 Å². The summed E-state index contributed by atoms with van der Waals surface area (Å²) in [6.07, 6.45) is 6.28. The van der Waals surface area contributed by atoms with Crippen molar-refractivity contribution in [1.82, 2.24) is 14.3 Å². The molecule has 0 unspecified atom stereocenters. The van der Waals surface area contributed by atoms with Crippen LogP contribution in [0.5, 0.6) is 0 Å². The molecule has 0 saturated carbocycles. The second-order valence-corrected chi connectivity index (χ2v) is 10.7. The summed E-state index contributed by atoms with van der Waals surface area (Å²) >= 11 is 6.83. The van der Waals surface area contributed by atoms with Gasteiger partial charge in [0.2, 0.25) is 0 Å². The molecule has 180 valence electrons. The van der Waals surface area contributed by atoms with Crippen molar-refractivity contribution in [3.63, 3.8) is 0 Å². The van der Waals surface area contributed by atoms with E-state index in [1.807, 2.05) is 24.3 Å². The Morgan fingerprint density at radius 2 is 1.83 bits per heavy atom. The summed E-state index contributed by atoms with van der Waals surface area (Å²) in [5.41, 5.74) is 3.39. The van der Waals surface area contributed by atoms with Gasteiger partial charge in [-0.25, -0.2) is 4.98 Å². The Balaban J connectivity index is 1.58. The van der Waals surface area contributed by atoms with Crippen LogP contribution in [0.4, 0.5) is 5.82 Å². The number of amides is 1. The number of rotatable bonds is 6. The molecule has 1 saturated heterocycles. The maximum Gasteiger partial charge on any atom is 0.267 e. The van der Waals surface area contributed by atoms with E-state index < -0.39 is 0 Å². The van der Waals surface area contributed by atoms with Crippen LogP contribution in [0, 0.1) is 5.92 Å². The van der Waals surface area contributed by atoms with Gasteiger partial charge < -0.3 is 4.90 Å². The van der Waals surface area contributed by atoms with Crippen LogP contribution in [0.25, 0.3) is 11.7 Å². The maximum absolute atomic E-state index is 13.7. The predicted molar refractivity (Wildman–Crippen MR) is 147 cm³/mol. The summed E-state index contributed by atoms with van der Waals surface area (Å²) < 4.78 is 2.09. The molecule has 1 amide bonds. The number of hydrogen-bond donors (Lipinski definition) is 0. The Morgan fingerprint density at radius 1 is 1.09 bits per heavy atom. The standard InChI is InChI=1S/C27H28N4O2S2/c1-3-18(4-2)16-31-26(33)22(35-27(31)34)15-21-24(28-23-11-7-8-13-30(23)25(21)32)29-14-12-19-9-5-6-10-20(19)17-29/h5-11,13,15,18H,3-4,12,14,16-17H2,1-2H3/b22-15-. The SMILES string of the molecule is CCC(CC)CN1C(=O)/C(=C/c2c(N3CCc4ccccc4C3)nc3ccccn3c2=O)SC1=S. The molecule has 1 aromatic carbocycles. The van der Waals surface area contributed by atoms with Crippen molar-refractivity contribution in [3.8, 4) is 0 Å². The number of carbonyl (C=O) groups excluding carboxylic acids is 1. The van der Waals surface area contributed by atoms with E-state index in [1.54, 1.807) is 17.2 Å². The Bertz CT molecular complexity index is 1390. The molecule has 2 aliphatic heterocycles. The van der Waals surface area contributed by atoms with E-state index in [-0.39, 0.29) is 11.5 Å². The summed E-state index contributed by atoms with van der Waals surface area (Å²) in [7, 11) is 0. The molecule has 0 N–H and O–H groups in total. The van der Waals surface area contributed by atoms with Crippen LogP contribution in [0.15, 0.2) is 58.4 Å². The highest BCUT2D eigenvalue weighted by Gasteiger charge is 2.34. The maximum atomic E-state index is 13.7. The zero-order valence-electron chi connectivity index (χ0n) is 19.9. The highest BCUT2D eigenvalue weighted by molar-refractivity contribution is 8.26. The van der Waals surface area contributed by atoms with Crippen molar-refractivity contribution in [3.05, 3.63) is 80.6 Å².